The molecule has 0 unspecified atom stereocenters. The van der Waals surface area contributed by atoms with Crippen LogP contribution in [-0.4, -0.2) is 41.5 Å². The van der Waals surface area contributed by atoms with Gasteiger partial charge in [-0.2, -0.15) is 0 Å². The second kappa shape index (κ2) is 17.1. The maximum atomic E-state index is 9.14. The molecular weight excluding hydrogens is 214 g/mol. The minimum absolute atomic E-state index is 0. The van der Waals surface area contributed by atoms with Crippen molar-refractivity contribution >= 4 is 41.5 Å². The number of carboxylic acids is 2. The summed E-state index contributed by atoms with van der Waals surface area (Å²) in [5, 5.41) is 18.3. The first-order chi connectivity index (χ1) is 4.54. The van der Waals surface area contributed by atoms with Crippen LogP contribution in [0.25, 0.3) is 0 Å². The molecule has 0 aliphatic carbocycles. The number of rotatable bonds is 2. The molecule has 0 rings (SSSR count). The number of hydrogen-bond donors (Lipinski definition) is 0. The van der Waals surface area contributed by atoms with E-state index < -0.39 is 11.9 Å². The van der Waals surface area contributed by atoms with Crippen LogP contribution in [0.4, 0.5) is 0 Å². The normalized spacial score (nSPS) is 5.33. The van der Waals surface area contributed by atoms with E-state index in [9.17, 15) is 0 Å². The molecule has 0 aromatic carbocycles. The van der Waals surface area contributed by atoms with Crippen LogP contribution in [-0.2, 0) is 26.7 Å². The van der Waals surface area contributed by atoms with Gasteiger partial charge in [0.25, 0.3) is 0 Å². The van der Waals surface area contributed by atoms with Crippen LogP contribution in [0.15, 0.2) is 25.3 Å². The van der Waals surface area contributed by atoms with Gasteiger partial charge in [-0.1, -0.05) is 13.2 Å². The molecule has 0 spiro atoms. The third-order valence-electron chi connectivity index (χ3n) is 0.333. The van der Waals surface area contributed by atoms with E-state index in [1.807, 2.05) is 0 Å². The fourth-order valence-electron chi connectivity index (χ4n) is 0. The fourth-order valence-corrected chi connectivity index (χ4v) is 0. The van der Waals surface area contributed by atoms with Crippen LogP contribution >= 0.6 is 0 Å². The van der Waals surface area contributed by atoms with Crippen molar-refractivity contribution in [3.63, 3.8) is 0 Å². The van der Waals surface area contributed by atoms with Gasteiger partial charge in [-0.3, -0.25) is 0 Å². The van der Waals surface area contributed by atoms with Gasteiger partial charge >= 0.3 is 46.6 Å². The van der Waals surface area contributed by atoms with Crippen molar-refractivity contribution < 1.29 is 36.9 Å². The summed E-state index contributed by atoms with van der Waals surface area (Å²) in [6, 6.07) is 0. The summed E-state index contributed by atoms with van der Waals surface area (Å²) in [6.45, 7) is 5.80. The predicted octanol–water partition coefficient (Wildman–Crippen LogP) is -2.81. The first kappa shape index (κ1) is 22.7. The number of carbonyl (C=O) groups is 2. The number of aliphatic carboxylic acids is 2. The summed E-state index contributed by atoms with van der Waals surface area (Å²) in [4.78, 5) is 18.3. The Hall–Kier alpha value is -0.0605. The predicted molar refractivity (Wildman–Crippen MR) is 37.6 cm³/mol. The van der Waals surface area contributed by atoms with Crippen molar-refractivity contribution in [2.45, 2.75) is 0 Å². The zero-order chi connectivity index (χ0) is 8.57. The molecule has 0 amide bonds. The van der Waals surface area contributed by atoms with Crippen molar-refractivity contribution in [3.8, 4) is 0 Å². The van der Waals surface area contributed by atoms with Gasteiger partial charge in [0.05, 0.1) is 11.9 Å². The second-order valence-electron chi connectivity index (χ2n) is 1.05. The Morgan fingerprint density at radius 2 is 1.08 bits per heavy atom. The summed E-state index contributed by atoms with van der Waals surface area (Å²) >= 11 is 0. The van der Waals surface area contributed by atoms with E-state index in [0.29, 0.717) is 0 Å². The zero-order valence-electron chi connectivity index (χ0n) is 5.58. The number of carbonyl (C=O) groups excluding carboxylic acids is 2. The molecule has 0 atom stereocenters. The van der Waals surface area contributed by atoms with Gasteiger partial charge in [-0.05, 0) is 12.2 Å². The van der Waals surface area contributed by atoms with E-state index in [2.05, 4.69) is 13.2 Å². The summed E-state index contributed by atoms with van der Waals surface area (Å²) < 4.78 is 0. The third kappa shape index (κ3) is 51.2. The van der Waals surface area contributed by atoms with Crippen LogP contribution in [0.1, 0.15) is 0 Å². The van der Waals surface area contributed by atoms with Gasteiger partial charge in [-0.25, -0.2) is 0 Å². The third-order valence-corrected chi connectivity index (χ3v) is 0.333. The van der Waals surface area contributed by atoms with Crippen LogP contribution in [0, 0.1) is 0 Å². The van der Waals surface area contributed by atoms with Gasteiger partial charge in [0.15, 0.2) is 0 Å². The monoisotopic (exact) mass is 221 g/mol. The van der Waals surface area contributed by atoms with Gasteiger partial charge in [0.1, 0.15) is 0 Å². The molecule has 0 aromatic heterocycles. The van der Waals surface area contributed by atoms with E-state index in [0.717, 1.165) is 12.2 Å². The Balaban J connectivity index is -0.0000000457. The minimum atomic E-state index is -1.23. The molecular formula is C6H7MnNaO4. The fraction of sp³-hybridized carbons (Fsp3) is 0. The van der Waals surface area contributed by atoms with E-state index in [4.69, 9.17) is 19.8 Å². The molecule has 0 saturated carbocycles. The average Bonchev–Trinajstić information content (AvgIpc) is 1.89. The average molecular weight is 221 g/mol. The Kier molecular flexibility index (Phi) is 32.4. The van der Waals surface area contributed by atoms with Crippen molar-refractivity contribution in [2.24, 2.45) is 0 Å². The Labute approximate surface area is 103 Å². The van der Waals surface area contributed by atoms with Crippen molar-refractivity contribution in [2.75, 3.05) is 0 Å². The summed E-state index contributed by atoms with van der Waals surface area (Å²) in [7, 11) is 0. The Morgan fingerprint density at radius 1 is 1.00 bits per heavy atom. The number of carboxylic acid groups (broad SMARTS) is 2. The zero-order valence-corrected chi connectivity index (χ0v) is 6.76. The van der Waals surface area contributed by atoms with Crippen molar-refractivity contribution in [1.82, 2.24) is 0 Å². The van der Waals surface area contributed by atoms with Crippen LogP contribution in [0.5, 0.6) is 0 Å². The van der Waals surface area contributed by atoms with Crippen LogP contribution < -0.4 is 10.2 Å². The molecule has 0 heterocycles. The number of hydrogen-bond acceptors (Lipinski definition) is 4. The van der Waals surface area contributed by atoms with E-state index >= 15 is 0 Å². The van der Waals surface area contributed by atoms with Crippen LogP contribution in [0.3, 0.4) is 0 Å². The van der Waals surface area contributed by atoms with Crippen molar-refractivity contribution in [3.05, 3.63) is 25.3 Å². The van der Waals surface area contributed by atoms with Gasteiger partial charge in [-0.15, -0.1) is 0 Å². The molecule has 4 nitrogen and oxygen atoms in total. The quantitative estimate of drug-likeness (QED) is 0.372. The molecule has 0 aliphatic rings. The molecule has 1 radical (unpaired) electrons. The van der Waals surface area contributed by atoms with Gasteiger partial charge < -0.3 is 19.8 Å². The molecule has 12 heavy (non-hydrogen) atoms. The topological polar surface area (TPSA) is 80.3 Å². The maximum absolute atomic E-state index is 9.14. The molecule has 0 saturated heterocycles. The molecule has 63 valence electrons. The van der Waals surface area contributed by atoms with E-state index in [1.54, 1.807) is 0 Å². The molecule has 0 bridgehead atoms. The molecule has 0 aromatic rings. The molecule has 0 fully saturated rings. The van der Waals surface area contributed by atoms with Crippen molar-refractivity contribution in [1.29, 1.82) is 0 Å². The van der Waals surface area contributed by atoms with E-state index in [1.165, 1.54) is 0 Å². The molecule has 0 N–H and O–H groups in total. The second-order valence-corrected chi connectivity index (χ2v) is 1.05. The molecule has 0 aliphatic heterocycles. The summed E-state index contributed by atoms with van der Waals surface area (Å²) in [6.07, 6.45) is 1.44. The van der Waals surface area contributed by atoms with E-state index in [-0.39, 0.29) is 46.6 Å². The first-order valence-electron chi connectivity index (χ1n) is 2.21. The SMILES string of the molecule is C=CC(=O)[O-].C=CC(=O)[O-].[Mn+2].[NaH]. The summed E-state index contributed by atoms with van der Waals surface area (Å²) in [5.41, 5.74) is 0. The Morgan fingerprint density at radius 3 is 1.08 bits per heavy atom. The standard InChI is InChI=1S/2C3H4O2.Mn.Na.H/c2*1-2-3(4)5;;;/h2*2H,1H2,(H,4,5);;;/q;;+2;;/p-2. The van der Waals surface area contributed by atoms with Crippen LogP contribution in [0.2, 0.25) is 0 Å². The first-order valence-corrected chi connectivity index (χ1v) is 2.21. The van der Waals surface area contributed by atoms with Gasteiger partial charge in [0, 0.05) is 0 Å². The van der Waals surface area contributed by atoms with Gasteiger partial charge in [0.2, 0.25) is 0 Å². The molecule has 6 heteroatoms. The summed E-state index contributed by atoms with van der Waals surface area (Å²) in [5.74, 6) is -2.46. The Bertz CT molecular complexity index is 140.